The number of aromatic nitrogens is 2. The first-order chi connectivity index (χ1) is 23.8. The third kappa shape index (κ3) is 6.52. The lowest BCUT2D eigenvalue weighted by Gasteiger charge is -2.44. The number of hydrogen-bond donors (Lipinski definition) is 0. The Kier molecular flexibility index (Phi) is 9.13. The number of rotatable bonds is 9. The maximum Gasteiger partial charge on any atom is 0.410 e. The van der Waals surface area contributed by atoms with Crippen LogP contribution in [0.4, 0.5) is 10.5 Å². The van der Waals surface area contributed by atoms with Gasteiger partial charge in [-0.05, 0) is 41.8 Å². The Bertz CT molecular complexity index is 1890. The summed E-state index contributed by atoms with van der Waals surface area (Å²) in [6.45, 7) is 5.95. The lowest BCUT2D eigenvalue weighted by atomic mass is 9.97. The molecule has 256 valence electrons. The summed E-state index contributed by atoms with van der Waals surface area (Å²) in [5, 5.41) is 0. The molecule has 7 rings (SSSR count). The van der Waals surface area contributed by atoms with Crippen LogP contribution in [0.25, 0.3) is 11.0 Å². The minimum Gasteiger partial charge on any atom is -0.497 e. The first kappa shape index (κ1) is 32.4. The van der Waals surface area contributed by atoms with Crippen LogP contribution in [0.15, 0.2) is 77.6 Å². The van der Waals surface area contributed by atoms with E-state index in [9.17, 15) is 19.2 Å². The molecule has 0 saturated carbocycles. The van der Waals surface area contributed by atoms with Gasteiger partial charge in [-0.25, -0.2) is 9.59 Å². The Morgan fingerprint density at radius 3 is 2.31 bits per heavy atom. The number of carbonyl (C=O) groups excluding carboxylic acids is 3. The molecule has 3 aromatic carbocycles. The average Bonchev–Trinajstić information content (AvgIpc) is 3.37. The highest BCUT2D eigenvalue weighted by Crippen LogP contribution is 2.34. The molecule has 3 fully saturated rings. The quantitative estimate of drug-likeness (QED) is 0.249. The fraction of sp³-hybridized carbons (Fsp3) is 0.405. The Hall–Kier alpha value is -5.10. The second-order valence-electron chi connectivity index (χ2n) is 13.2. The number of amides is 3. The predicted octanol–water partition coefficient (Wildman–Crippen LogP) is 3.63. The topological polar surface area (TPSA) is 110 Å². The maximum atomic E-state index is 13.8. The first-order valence-corrected chi connectivity index (χ1v) is 16.9. The molecule has 3 aliphatic heterocycles. The van der Waals surface area contributed by atoms with E-state index < -0.39 is 6.04 Å². The Balaban J connectivity index is 0.978. The van der Waals surface area contributed by atoms with E-state index in [0.717, 1.165) is 55.1 Å². The lowest BCUT2D eigenvalue weighted by Crippen LogP contribution is -2.55. The molecule has 0 aliphatic carbocycles. The van der Waals surface area contributed by atoms with Gasteiger partial charge >= 0.3 is 11.8 Å². The van der Waals surface area contributed by atoms with Gasteiger partial charge in [0.2, 0.25) is 5.91 Å². The number of hydrogen-bond acceptors (Lipinski definition) is 8. The van der Waals surface area contributed by atoms with Gasteiger partial charge in [0.05, 0.1) is 30.4 Å². The summed E-state index contributed by atoms with van der Waals surface area (Å²) in [5.41, 5.74) is 3.97. The first-order valence-electron chi connectivity index (χ1n) is 16.9. The fourth-order valence-electron chi connectivity index (χ4n) is 7.29. The van der Waals surface area contributed by atoms with Crippen LogP contribution in [-0.4, -0.2) is 94.7 Å². The van der Waals surface area contributed by atoms with E-state index in [0.29, 0.717) is 30.3 Å². The van der Waals surface area contributed by atoms with Crippen molar-refractivity contribution in [3.05, 3.63) is 94.4 Å². The molecule has 0 bridgehead atoms. The molecule has 3 aliphatic rings. The molecule has 3 amide bonds. The molecule has 0 spiro atoms. The highest BCUT2D eigenvalue weighted by atomic mass is 16.6. The molecular formula is C37H42N6O6. The van der Waals surface area contributed by atoms with Gasteiger partial charge in [0, 0.05) is 65.2 Å². The second-order valence-corrected chi connectivity index (χ2v) is 13.2. The van der Waals surface area contributed by atoms with Crippen molar-refractivity contribution in [1.29, 1.82) is 0 Å². The standard InChI is InChI=1S/C37H42N6O6/c1-38-34-30(41-22-28(23-41)21-39-17-19-40(20-18-39)37(47)49-25-27-7-4-3-5-8-27)9-6-10-31(34)43(36(38)46)32-15-16-33(44)42(35(32)45)24-26-11-13-29(48-2)14-12-26/h3-14,28,32H,15-25H2,1-2H3. The SMILES string of the molecule is COc1ccc(CN2C(=O)CCC(n3c(=O)n(C)c4c(N5CC(CN6CCN(C(=O)OCc7ccccc7)CC6)C5)cccc43)C2=O)cc1. The number of nitrogens with zero attached hydrogens (tertiary/aromatic N) is 6. The van der Waals surface area contributed by atoms with E-state index >= 15 is 0 Å². The maximum absolute atomic E-state index is 13.8. The number of para-hydroxylation sites is 1. The number of piperidine rings is 1. The summed E-state index contributed by atoms with van der Waals surface area (Å²) in [6, 6.07) is 22.1. The number of carbonyl (C=O) groups is 3. The largest absolute Gasteiger partial charge is 0.497 e. The van der Waals surface area contributed by atoms with Gasteiger partial charge in [-0.2, -0.15) is 0 Å². The number of imidazole rings is 1. The van der Waals surface area contributed by atoms with Gasteiger partial charge < -0.3 is 19.3 Å². The van der Waals surface area contributed by atoms with Gasteiger partial charge in [-0.15, -0.1) is 0 Å². The van der Waals surface area contributed by atoms with Crippen molar-refractivity contribution in [2.24, 2.45) is 13.0 Å². The van der Waals surface area contributed by atoms with E-state index in [1.54, 1.807) is 40.3 Å². The summed E-state index contributed by atoms with van der Waals surface area (Å²) in [6.07, 6.45) is 0.200. The molecule has 0 radical (unpaired) electrons. The zero-order valence-corrected chi connectivity index (χ0v) is 28.0. The van der Waals surface area contributed by atoms with E-state index in [1.807, 2.05) is 60.7 Å². The van der Waals surface area contributed by atoms with Gasteiger partial charge in [0.25, 0.3) is 5.91 Å². The van der Waals surface area contributed by atoms with Crippen molar-refractivity contribution >= 4 is 34.6 Å². The van der Waals surface area contributed by atoms with Gasteiger partial charge in [0.15, 0.2) is 0 Å². The van der Waals surface area contributed by atoms with Crippen LogP contribution in [0.1, 0.15) is 30.0 Å². The Labute approximate surface area is 285 Å². The zero-order valence-electron chi connectivity index (χ0n) is 28.0. The summed E-state index contributed by atoms with van der Waals surface area (Å²) in [7, 11) is 3.34. The van der Waals surface area contributed by atoms with Crippen molar-refractivity contribution in [2.75, 3.05) is 57.8 Å². The highest BCUT2D eigenvalue weighted by Gasteiger charge is 2.38. The summed E-state index contributed by atoms with van der Waals surface area (Å²) < 4.78 is 14.0. The van der Waals surface area contributed by atoms with Crippen LogP contribution in [0, 0.1) is 5.92 Å². The van der Waals surface area contributed by atoms with Crippen molar-refractivity contribution in [3.8, 4) is 5.75 Å². The smallest absolute Gasteiger partial charge is 0.410 e. The van der Waals surface area contributed by atoms with Gasteiger partial charge in [0.1, 0.15) is 18.4 Å². The minimum absolute atomic E-state index is 0.144. The number of likely N-dealkylation sites (tertiary alicyclic amines) is 1. The average molecular weight is 667 g/mol. The fourth-order valence-corrected chi connectivity index (χ4v) is 7.29. The Morgan fingerprint density at radius 2 is 1.59 bits per heavy atom. The molecule has 0 N–H and O–H groups in total. The van der Waals surface area contributed by atoms with Crippen molar-refractivity contribution < 1.29 is 23.9 Å². The van der Waals surface area contributed by atoms with E-state index in [1.165, 1.54) is 4.90 Å². The number of benzene rings is 3. The van der Waals surface area contributed by atoms with E-state index in [4.69, 9.17) is 9.47 Å². The molecule has 1 aromatic heterocycles. The van der Waals surface area contributed by atoms with E-state index in [-0.39, 0.29) is 49.6 Å². The molecule has 4 aromatic rings. The van der Waals surface area contributed by atoms with Gasteiger partial charge in [-0.3, -0.25) is 28.5 Å². The molecule has 12 heteroatoms. The number of methoxy groups -OCH3 is 1. The van der Waals surface area contributed by atoms with Crippen LogP contribution < -0.4 is 15.3 Å². The molecule has 1 unspecified atom stereocenters. The van der Waals surface area contributed by atoms with Crippen LogP contribution in [0.5, 0.6) is 5.75 Å². The number of fused-ring (bicyclic) bond motifs is 1. The molecule has 1 atom stereocenters. The van der Waals surface area contributed by atoms with Crippen LogP contribution >= 0.6 is 0 Å². The number of ether oxygens (including phenoxy) is 2. The monoisotopic (exact) mass is 666 g/mol. The highest BCUT2D eigenvalue weighted by molar-refractivity contribution is 6.00. The number of aryl methyl sites for hydroxylation is 1. The molecule has 3 saturated heterocycles. The summed E-state index contributed by atoms with van der Waals surface area (Å²) >= 11 is 0. The van der Waals surface area contributed by atoms with Crippen molar-refractivity contribution in [3.63, 3.8) is 0 Å². The number of imide groups is 1. The van der Waals surface area contributed by atoms with E-state index in [2.05, 4.69) is 9.80 Å². The minimum atomic E-state index is -0.763. The predicted molar refractivity (Wildman–Crippen MR) is 184 cm³/mol. The van der Waals surface area contributed by atoms with Crippen LogP contribution in [0.3, 0.4) is 0 Å². The van der Waals surface area contributed by atoms with Crippen LogP contribution in [0.2, 0.25) is 0 Å². The molecule has 12 nitrogen and oxygen atoms in total. The van der Waals surface area contributed by atoms with Crippen LogP contribution in [-0.2, 0) is 34.5 Å². The van der Waals surface area contributed by atoms with Crippen molar-refractivity contribution in [2.45, 2.75) is 32.0 Å². The van der Waals surface area contributed by atoms with Gasteiger partial charge in [-0.1, -0.05) is 48.5 Å². The third-order valence-electron chi connectivity index (χ3n) is 10.0. The third-order valence-corrected chi connectivity index (χ3v) is 10.0. The Morgan fingerprint density at radius 1 is 0.857 bits per heavy atom. The van der Waals surface area contributed by atoms with Crippen molar-refractivity contribution in [1.82, 2.24) is 23.8 Å². The second kappa shape index (κ2) is 13.8. The number of anilines is 1. The lowest BCUT2D eigenvalue weighted by molar-refractivity contribution is -0.151. The summed E-state index contributed by atoms with van der Waals surface area (Å²) in [5.74, 6) is 0.562. The summed E-state index contributed by atoms with van der Waals surface area (Å²) in [4.78, 5) is 60.8. The zero-order chi connectivity index (χ0) is 34.1. The molecule has 4 heterocycles. The number of piperazine rings is 1. The molecule has 49 heavy (non-hydrogen) atoms. The normalized spacial score (nSPS) is 19.0. The molecular weight excluding hydrogens is 624 g/mol.